The SMILES string of the molecule is O=C(c1ccc(Br)o1)N1CCCN(Cc2ccc(F)cc2)CC1. The van der Waals surface area contributed by atoms with Crippen molar-refractivity contribution in [1.29, 1.82) is 0 Å². The number of nitrogens with zero attached hydrogens (tertiary/aromatic N) is 2. The highest BCUT2D eigenvalue weighted by molar-refractivity contribution is 9.10. The average Bonchev–Trinajstić information content (AvgIpc) is 2.84. The third-order valence-corrected chi connectivity index (χ3v) is 4.41. The van der Waals surface area contributed by atoms with Crippen LogP contribution >= 0.6 is 15.9 Å². The lowest BCUT2D eigenvalue weighted by molar-refractivity contribution is 0.0728. The first-order valence-electron chi connectivity index (χ1n) is 7.63. The Morgan fingerprint density at radius 1 is 1.09 bits per heavy atom. The molecule has 2 aromatic rings. The van der Waals surface area contributed by atoms with Gasteiger partial charge in [-0.25, -0.2) is 4.39 Å². The Hall–Kier alpha value is -1.66. The summed E-state index contributed by atoms with van der Waals surface area (Å²) in [5.74, 6) is 0.0780. The van der Waals surface area contributed by atoms with Gasteiger partial charge in [0, 0.05) is 32.7 Å². The van der Waals surface area contributed by atoms with E-state index in [0.717, 1.165) is 38.2 Å². The van der Waals surface area contributed by atoms with Crippen LogP contribution in [0.4, 0.5) is 4.39 Å². The first-order valence-corrected chi connectivity index (χ1v) is 8.42. The smallest absolute Gasteiger partial charge is 0.289 e. The third-order valence-electron chi connectivity index (χ3n) is 3.98. The fourth-order valence-corrected chi connectivity index (χ4v) is 3.07. The van der Waals surface area contributed by atoms with Gasteiger partial charge < -0.3 is 9.32 Å². The molecule has 0 spiro atoms. The lowest BCUT2D eigenvalue weighted by Crippen LogP contribution is -2.34. The molecule has 0 saturated carbocycles. The monoisotopic (exact) mass is 380 g/mol. The minimum absolute atomic E-state index is 0.0701. The summed E-state index contributed by atoms with van der Waals surface area (Å²) in [4.78, 5) is 16.5. The molecule has 1 aliphatic rings. The standard InChI is InChI=1S/C17H18BrFN2O2/c18-16-7-6-15(23-16)17(22)21-9-1-8-20(10-11-21)12-13-2-4-14(19)5-3-13/h2-7H,1,8-12H2. The molecule has 1 aromatic heterocycles. The molecule has 23 heavy (non-hydrogen) atoms. The summed E-state index contributed by atoms with van der Waals surface area (Å²) in [5.41, 5.74) is 1.08. The van der Waals surface area contributed by atoms with Gasteiger partial charge >= 0.3 is 0 Å². The summed E-state index contributed by atoms with van der Waals surface area (Å²) in [6, 6.07) is 10.0. The van der Waals surface area contributed by atoms with E-state index < -0.39 is 0 Å². The highest BCUT2D eigenvalue weighted by Crippen LogP contribution is 2.17. The quantitative estimate of drug-likeness (QED) is 0.816. The van der Waals surface area contributed by atoms with Gasteiger partial charge in [0.15, 0.2) is 10.4 Å². The van der Waals surface area contributed by atoms with E-state index in [-0.39, 0.29) is 11.7 Å². The van der Waals surface area contributed by atoms with Crippen molar-refractivity contribution in [3.05, 3.63) is 58.2 Å². The van der Waals surface area contributed by atoms with Gasteiger partial charge in [0.05, 0.1) is 0 Å². The zero-order valence-corrected chi connectivity index (χ0v) is 14.3. The lowest BCUT2D eigenvalue weighted by atomic mass is 10.2. The summed E-state index contributed by atoms with van der Waals surface area (Å²) < 4.78 is 18.9. The molecule has 0 N–H and O–H groups in total. The molecule has 0 unspecified atom stereocenters. The molecule has 1 saturated heterocycles. The maximum absolute atomic E-state index is 13.0. The van der Waals surface area contributed by atoms with Crippen LogP contribution in [0.5, 0.6) is 0 Å². The molecule has 0 atom stereocenters. The van der Waals surface area contributed by atoms with E-state index in [9.17, 15) is 9.18 Å². The van der Waals surface area contributed by atoms with Gasteiger partial charge in [-0.15, -0.1) is 0 Å². The third kappa shape index (κ3) is 4.20. The Morgan fingerprint density at radius 2 is 1.87 bits per heavy atom. The van der Waals surface area contributed by atoms with Gasteiger partial charge in [0.25, 0.3) is 5.91 Å². The van der Waals surface area contributed by atoms with Crippen LogP contribution in [0.15, 0.2) is 45.5 Å². The van der Waals surface area contributed by atoms with Crippen molar-refractivity contribution < 1.29 is 13.6 Å². The Balaban J connectivity index is 1.58. The normalized spacial score (nSPS) is 16.3. The molecule has 0 radical (unpaired) electrons. The Labute approximate surface area is 143 Å². The maximum atomic E-state index is 13.0. The Bertz CT molecular complexity index is 671. The summed E-state index contributed by atoms with van der Waals surface area (Å²) >= 11 is 3.22. The van der Waals surface area contributed by atoms with E-state index in [1.54, 1.807) is 12.1 Å². The van der Waals surface area contributed by atoms with Gasteiger partial charge in [0.2, 0.25) is 0 Å². The van der Waals surface area contributed by atoms with Crippen LogP contribution in [0.1, 0.15) is 22.5 Å². The van der Waals surface area contributed by atoms with Crippen LogP contribution in [-0.2, 0) is 6.54 Å². The highest BCUT2D eigenvalue weighted by atomic mass is 79.9. The zero-order valence-electron chi connectivity index (χ0n) is 12.7. The second kappa shape index (κ2) is 7.27. The predicted octanol–water partition coefficient (Wildman–Crippen LogP) is 3.53. The average molecular weight is 381 g/mol. The van der Waals surface area contributed by atoms with Crippen LogP contribution in [0.2, 0.25) is 0 Å². The molecule has 1 amide bonds. The van der Waals surface area contributed by atoms with Crippen molar-refractivity contribution in [3.8, 4) is 0 Å². The van der Waals surface area contributed by atoms with Gasteiger partial charge in [-0.2, -0.15) is 0 Å². The molecule has 1 aromatic carbocycles. The number of carbonyl (C=O) groups excluding carboxylic acids is 1. The number of amides is 1. The first kappa shape index (κ1) is 16.2. The second-order valence-electron chi connectivity index (χ2n) is 5.65. The van der Waals surface area contributed by atoms with Crippen LogP contribution in [0, 0.1) is 5.82 Å². The molecule has 0 bridgehead atoms. The Morgan fingerprint density at radius 3 is 2.57 bits per heavy atom. The first-order chi connectivity index (χ1) is 11.1. The van der Waals surface area contributed by atoms with Gasteiger partial charge in [-0.3, -0.25) is 9.69 Å². The van der Waals surface area contributed by atoms with E-state index >= 15 is 0 Å². The second-order valence-corrected chi connectivity index (χ2v) is 6.43. The molecule has 6 heteroatoms. The van der Waals surface area contributed by atoms with Crippen molar-refractivity contribution in [2.24, 2.45) is 0 Å². The molecule has 4 nitrogen and oxygen atoms in total. The van der Waals surface area contributed by atoms with Gasteiger partial charge in [-0.05, 0) is 52.2 Å². The van der Waals surface area contributed by atoms with E-state index in [2.05, 4.69) is 20.8 Å². The molecule has 3 rings (SSSR count). The van der Waals surface area contributed by atoms with E-state index in [0.29, 0.717) is 17.0 Å². The number of carbonyl (C=O) groups is 1. The van der Waals surface area contributed by atoms with Crippen molar-refractivity contribution in [3.63, 3.8) is 0 Å². The lowest BCUT2D eigenvalue weighted by Gasteiger charge is -2.21. The topological polar surface area (TPSA) is 36.7 Å². The van der Waals surface area contributed by atoms with E-state index in [1.165, 1.54) is 12.1 Å². The van der Waals surface area contributed by atoms with Crippen molar-refractivity contribution in [2.45, 2.75) is 13.0 Å². The minimum atomic E-state index is -0.217. The number of benzene rings is 1. The molecule has 0 aliphatic carbocycles. The fraction of sp³-hybridized carbons (Fsp3) is 0.353. The number of furan rings is 1. The predicted molar refractivity (Wildman–Crippen MR) is 88.6 cm³/mol. The van der Waals surface area contributed by atoms with Gasteiger partial charge in [0.1, 0.15) is 5.82 Å². The summed E-state index contributed by atoms with van der Waals surface area (Å²) in [6.07, 6.45) is 0.912. The number of hydrogen-bond acceptors (Lipinski definition) is 3. The summed E-state index contributed by atoms with van der Waals surface area (Å²) in [6.45, 7) is 3.87. The van der Waals surface area contributed by atoms with Crippen molar-refractivity contribution in [1.82, 2.24) is 9.80 Å². The number of rotatable bonds is 3. The van der Waals surface area contributed by atoms with Gasteiger partial charge in [-0.1, -0.05) is 12.1 Å². The largest absolute Gasteiger partial charge is 0.444 e. The highest BCUT2D eigenvalue weighted by Gasteiger charge is 2.22. The molecule has 2 heterocycles. The minimum Gasteiger partial charge on any atom is -0.444 e. The van der Waals surface area contributed by atoms with Crippen molar-refractivity contribution >= 4 is 21.8 Å². The number of halogens is 2. The molecule has 122 valence electrons. The zero-order chi connectivity index (χ0) is 16.2. The van der Waals surface area contributed by atoms with Crippen LogP contribution < -0.4 is 0 Å². The summed E-state index contributed by atoms with van der Waals surface area (Å²) in [5, 5.41) is 0. The number of hydrogen-bond donors (Lipinski definition) is 0. The van der Waals surface area contributed by atoms with Crippen LogP contribution in [0.25, 0.3) is 0 Å². The van der Waals surface area contributed by atoms with E-state index in [4.69, 9.17) is 4.42 Å². The summed E-state index contributed by atoms with van der Waals surface area (Å²) in [7, 11) is 0. The van der Waals surface area contributed by atoms with Crippen LogP contribution in [0.3, 0.4) is 0 Å². The molecular formula is C17H18BrFN2O2. The molecular weight excluding hydrogens is 363 g/mol. The van der Waals surface area contributed by atoms with Crippen LogP contribution in [-0.4, -0.2) is 41.9 Å². The Kier molecular flexibility index (Phi) is 5.13. The fourth-order valence-electron chi connectivity index (χ4n) is 2.77. The molecule has 1 aliphatic heterocycles. The van der Waals surface area contributed by atoms with Crippen molar-refractivity contribution in [2.75, 3.05) is 26.2 Å². The molecule has 1 fully saturated rings. The van der Waals surface area contributed by atoms with E-state index in [1.807, 2.05) is 17.0 Å². The maximum Gasteiger partial charge on any atom is 0.289 e.